The minimum Gasteiger partial charge on any atom is -0.385 e. The number of anilines is 1. The van der Waals surface area contributed by atoms with Crippen LogP contribution in [-0.2, 0) is 0 Å². The van der Waals surface area contributed by atoms with E-state index in [-0.39, 0.29) is 0 Å². The van der Waals surface area contributed by atoms with E-state index in [1.165, 1.54) is 12.8 Å². The molecule has 0 radical (unpaired) electrons. The minimum atomic E-state index is 0.419. The van der Waals surface area contributed by atoms with Crippen molar-refractivity contribution in [2.45, 2.75) is 25.3 Å². The summed E-state index contributed by atoms with van der Waals surface area (Å²) in [6, 6.07) is 8.25. The molecule has 0 spiro atoms. The van der Waals surface area contributed by atoms with Gasteiger partial charge in [-0.25, -0.2) is 0 Å². The fourth-order valence-electron chi connectivity index (χ4n) is 2.13. The summed E-state index contributed by atoms with van der Waals surface area (Å²) in [5.74, 6) is 0.732. The number of hydrogen-bond donors (Lipinski definition) is 2. The van der Waals surface area contributed by atoms with E-state index in [1.807, 2.05) is 24.3 Å². The Morgan fingerprint density at radius 3 is 2.60 bits per heavy atom. The van der Waals surface area contributed by atoms with Gasteiger partial charge < -0.3 is 11.1 Å². The average Bonchev–Trinajstić information content (AvgIpc) is 2.64. The molecule has 0 aromatic heterocycles. The molecule has 0 bridgehead atoms. The zero-order valence-electron chi connectivity index (χ0n) is 8.75. The molecule has 1 fully saturated rings. The molecule has 3 N–H and O–H groups in total. The quantitative estimate of drug-likeness (QED) is 0.829. The largest absolute Gasteiger partial charge is 0.385 e. The average molecular weight is 225 g/mol. The Kier molecular flexibility index (Phi) is 3.49. The molecule has 1 saturated carbocycles. The Morgan fingerprint density at radius 1 is 1.27 bits per heavy atom. The Balaban J connectivity index is 1.80. The number of nitrogens with two attached hydrogens (primary N) is 1. The van der Waals surface area contributed by atoms with E-state index in [9.17, 15) is 0 Å². The van der Waals surface area contributed by atoms with Gasteiger partial charge in [-0.3, -0.25) is 0 Å². The fraction of sp³-hybridized carbons (Fsp3) is 0.500. The number of benzene rings is 1. The predicted molar refractivity (Wildman–Crippen MR) is 65.3 cm³/mol. The van der Waals surface area contributed by atoms with Crippen molar-refractivity contribution in [2.24, 2.45) is 11.7 Å². The lowest BCUT2D eigenvalue weighted by molar-refractivity contribution is 0.566. The minimum absolute atomic E-state index is 0.419. The number of rotatable bonds is 3. The molecule has 2 atom stereocenters. The second-order valence-electron chi connectivity index (χ2n) is 4.33. The third-order valence-electron chi connectivity index (χ3n) is 3.02. The van der Waals surface area contributed by atoms with Crippen LogP contribution in [0.3, 0.4) is 0 Å². The van der Waals surface area contributed by atoms with Crippen molar-refractivity contribution in [3.05, 3.63) is 29.3 Å². The second-order valence-corrected chi connectivity index (χ2v) is 4.76. The lowest BCUT2D eigenvalue weighted by Gasteiger charge is -2.12. The van der Waals surface area contributed by atoms with E-state index >= 15 is 0 Å². The first-order chi connectivity index (χ1) is 7.24. The molecular formula is C12H17ClN2. The van der Waals surface area contributed by atoms with Gasteiger partial charge in [0.1, 0.15) is 0 Å². The van der Waals surface area contributed by atoms with Gasteiger partial charge in [0.2, 0.25) is 0 Å². The van der Waals surface area contributed by atoms with Crippen LogP contribution in [-0.4, -0.2) is 12.6 Å². The normalized spacial score (nSPS) is 25.5. The lowest BCUT2D eigenvalue weighted by Crippen LogP contribution is -2.17. The zero-order valence-corrected chi connectivity index (χ0v) is 9.50. The second kappa shape index (κ2) is 4.86. The van der Waals surface area contributed by atoms with Crippen LogP contribution in [0.25, 0.3) is 0 Å². The first-order valence-electron chi connectivity index (χ1n) is 5.49. The summed E-state index contributed by atoms with van der Waals surface area (Å²) in [6.45, 7) is 1.02. The standard InChI is InChI=1S/C12H17ClN2/c13-10-2-5-12(6-3-10)15-8-9-1-4-11(14)7-9/h2-3,5-6,9,11,15H,1,4,7-8,14H2. The van der Waals surface area contributed by atoms with Gasteiger partial charge in [-0.05, 0) is 49.4 Å². The van der Waals surface area contributed by atoms with Gasteiger partial charge in [-0.1, -0.05) is 11.6 Å². The molecule has 3 heteroatoms. The summed E-state index contributed by atoms with van der Waals surface area (Å²) in [5.41, 5.74) is 7.01. The monoisotopic (exact) mass is 224 g/mol. The van der Waals surface area contributed by atoms with Crippen molar-refractivity contribution in [1.29, 1.82) is 0 Å². The Bertz CT molecular complexity index is 310. The van der Waals surface area contributed by atoms with Crippen LogP contribution < -0.4 is 11.1 Å². The molecule has 0 saturated heterocycles. The maximum atomic E-state index is 5.87. The van der Waals surface area contributed by atoms with Crippen molar-refractivity contribution < 1.29 is 0 Å². The molecule has 0 heterocycles. The van der Waals surface area contributed by atoms with E-state index in [2.05, 4.69) is 5.32 Å². The number of hydrogen-bond acceptors (Lipinski definition) is 2. The van der Waals surface area contributed by atoms with Crippen molar-refractivity contribution in [1.82, 2.24) is 0 Å². The molecule has 1 aromatic carbocycles. The molecule has 2 nitrogen and oxygen atoms in total. The number of nitrogens with one attached hydrogen (secondary N) is 1. The summed E-state index contributed by atoms with van der Waals surface area (Å²) < 4.78 is 0. The van der Waals surface area contributed by atoms with Gasteiger partial charge >= 0.3 is 0 Å². The smallest absolute Gasteiger partial charge is 0.0407 e. The highest BCUT2D eigenvalue weighted by Gasteiger charge is 2.20. The molecule has 2 unspecified atom stereocenters. The third-order valence-corrected chi connectivity index (χ3v) is 3.27. The van der Waals surface area contributed by atoms with Crippen molar-refractivity contribution in [3.8, 4) is 0 Å². The summed E-state index contributed by atoms with van der Waals surface area (Å²) >= 11 is 5.81. The third kappa shape index (κ3) is 3.11. The number of halogens is 1. The summed E-state index contributed by atoms with van der Waals surface area (Å²) in [5, 5.41) is 4.20. The summed E-state index contributed by atoms with van der Waals surface area (Å²) in [7, 11) is 0. The molecule has 1 aliphatic rings. The highest BCUT2D eigenvalue weighted by atomic mass is 35.5. The zero-order chi connectivity index (χ0) is 10.7. The Morgan fingerprint density at radius 2 is 2.00 bits per heavy atom. The Hall–Kier alpha value is -0.730. The van der Waals surface area contributed by atoms with E-state index in [0.29, 0.717) is 6.04 Å². The maximum Gasteiger partial charge on any atom is 0.0407 e. The predicted octanol–water partition coefficient (Wildman–Crippen LogP) is 2.88. The van der Waals surface area contributed by atoms with Gasteiger partial charge in [0.15, 0.2) is 0 Å². The van der Waals surface area contributed by atoms with Gasteiger partial charge in [-0.15, -0.1) is 0 Å². The highest BCUT2D eigenvalue weighted by molar-refractivity contribution is 6.30. The molecule has 82 valence electrons. The van der Waals surface area contributed by atoms with Crippen LogP contribution in [0.5, 0.6) is 0 Å². The van der Waals surface area contributed by atoms with Crippen LogP contribution in [0, 0.1) is 5.92 Å². The molecule has 1 aromatic rings. The van der Waals surface area contributed by atoms with Crippen LogP contribution in [0.2, 0.25) is 5.02 Å². The lowest BCUT2D eigenvalue weighted by atomic mass is 10.1. The SMILES string of the molecule is NC1CCC(CNc2ccc(Cl)cc2)C1. The van der Waals surface area contributed by atoms with Gasteiger partial charge in [-0.2, -0.15) is 0 Å². The molecule has 0 aliphatic heterocycles. The molecule has 1 aliphatic carbocycles. The summed E-state index contributed by atoms with van der Waals surface area (Å²) in [6.07, 6.45) is 3.58. The van der Waals surface area contributed by atoms with Gasteiger partial charge in [0, 0.05) is 23.3 Å². The van der Waals surface area contributed by atoms with Crippen LogP contribution in [0.15, 0.2) is 24.3 Å². The van der Waals surface area contributed by atoms with Crippen molar-refractivity contribution >= 4 is 17.3 Å². The Labute approximate surface area is 95.8 Å². The maximum absolute atomic E-state index is 5.87. The topological polar surface area (TPSA) is 38.0 Å². The molecule has 0 amide bonds. The first-order valence-corrected chi connectivity index (χ1v) is 5.87. The van der Waals surface area contributed by atoms with Crippen molar-refractivity contribution in [2.75, 3.05) is 11.9 Å². The van der Waals surface area contributed by atoms with E-state index < -0.39 is 0 Å². The van der Waals surface area contributed by atoms with Gasteiger partial charge in [0.05, 0.1) is 0 Å². The molecule has 15 heavy (non-hydrogen) atoms. The molecular weight excluding hydrogens is 208 g/mol. The van der Waals surface area contributed by atoms with E-state index in [1.54, 1.807) is 0 Å². The van der Waals surface area contributed by atoms with Crippen LogP contribution >= 0.6 is 11.6 Å². The molecule has 2 rings (SSSR count). The van der Waals surface area contributed by atoms with Gasteiger partial charge in [0.25, 0.3) is 0 Å². The summed E-state index contributed by atoms with van der Waals surface area (Å²) in [4.78, 5) is 0. The fourth-order valence-corrected chi connectivity index (χ4v) is 2.25. The van der Waals surface area contributed by atoms with E-state index in [4.69, 9.17) is 17.3 Å². The highest BCUT2D eigenvalue weighted by Crippen LogP contribution is 2.24. The van der Waals surface area contributed by atoms with Crippen molar-refractivity contribution in [3.63, 3.8) is 0 Å². The first kappa shape index (κ1) is 10.8. The van der Waals surface area contributed by atoms with Crippen LogP contribution in [0.4, 0.5) is 5.69 Å². The van der Waals surface area contributed by atoms with Crippen LogP contribution in [0.1, 0.15) is 19.3 Å². The van der Waals surface area contributed by atoms with E-state index in [0.717, 1.165) is 29.6 Å².